The number of fused-ring (bicyclic) bond motifs is 1. The van der Waals surface area contributed by atoms with Crippen molar-refractivity contribution in [2.24, 2.45) is 5.73 Å². The highest BCUT2D eigenvalue weighted by Crippen LogP contribution is 2.43. The summed E-state index contributed by atoms with van der Waals surface area (Å²) in [5.74, 6) is 1.63. The average molecular weight is 235 g/mol. The van der Waals surface area contributed by atoms with Crippen LogP contribution in [0.2, 0.25) is 0 Å². The van der Waals surface area contributed by atoms with E-state index in [1.807, 2.05) is 45.9 Å². The van der Waals surface area contributed by atoms with Crippen molar-refractivity contribution >= 4 is 0 Å². The second-order valence-corrected chi connectivity index (χ2v) is 5.54. The van der Waals surface area contributed by atoms with E-state index >= 15 is 0 Å². The van der Waals surface area contributed by atoms with Gasteiger partial charge in [0.05, 0.1) is 0 Å². The summed E-state index contributed by atoms with van der Waals surface area (Å²) in [6.45, 7) is 8.83. The van der Waals surface area contributed by atoms with Crippen molar-refractivity contribution < 1.29 is 9.47 Å². The monoisotopic (exact) mass is 235 g/mol. The molecule has 0 radical (unpaired) electrons. The standard InChI is InChI=1S/C14H21NO2/c1-13(2)14(3,4)17-12-9-10(7-8-15)5-6-11(12)16-13/h5-6,9H,7-8,15H2,1-4H3. The van der Waals surface area contributed by atoms with E-state index in [1.165, 1.54) is 5.56 Å². The van der Waals surface area contributed by atoms with E-state index in [2.05, 4.69) is 0 Å². The first-order chi connectivity index (χ1) is 7.86. The molecule has 0 unspecified atom stereocenters. The Labute approximate surface area is 103 Å². The van der Waals surface area contributed by atoms with Gasteiger partial charge >= 0.3 is 0 Å². The van der Waals surface area contributed by atoms with Gasteiger partial charge < -0.3 is 15.2 Å². The third-order valence-electron chi connectivity index (χ3n) is 3.62. The summed E-state index contributed by atoms with van der Waals surface area (Å²) in [5, 5.41) is 0. The van der Waals surface area contributed by atoms with Crippen molar-refractivity contribution in [1.82, 2.24) is 0 Å². The second kappa shape index (κ2) is 3.91. The van der Waals surface area contributed by atoms with E-state index < -0.39 is 0 Å². The molecule has 1 aliphatic rings. The molecule has 0 bridgehead atoms. The summed E-state index contributed by atoms with van der Waals surface area (Å²) in [5.41, 5.74) is 6.06. The SMILES string of the molecule is CC1(C)Oc2ccc(CCN)cc2OC1(C)C. The number of ether oxygens (including phenoxy) is 2. The van der Waals surface area contributed by atoms with Crippen LogP contribution >= 0.6 is 0 Å². The molecule has 3 nitrogen and oxygen atoms in total. The summed E-state index contributed by atoms with van der Waals surface area (Å²) < 4.78 is 12.1. The molecule has 0 amide bonds. The van der Waals surface area contributed by atoms with Crippen molar-refractivity contribution in [2.45, 2.75) is 45.3 Å². The van der Waals surface area contributed by atoms with Crippen LogP contribution < -0.4 is 15.2 Å². The van der Waals surface area contributed by atoms with Gasteiger partial charge in [-0.25, -0.2) is 0 Å². The van der Waals surface area contributed by atoms with Crippen LogP contribution in [-0.4, -0.2) is 17.7 Å². The van der Waals surface area contributed by atoms with Crippen LogP contribution in [0, 0.1) is 0 Å². The highest BCUT2D eigenvalue weighted by Gasteiger charge is 2.45. The fourth-order valence-electron chi connectivity index (χ4n) is 1.83. The number of nitrogens with two attached hydrogens (primary N) is 1. The zero-order valence-corrected chi connectivity index (χ0v) is 11.0. The summed E-state index contributed by atoms with van der Waals surface area (Å²) in [7, 11) is 0. The van der Waals surface area contributed by atoms with E-state index in [9.17, 15) is 0 Å². The lowest BCUT2D eigenvalue weighted by molar-refractivity contribution is -0.0991. The topological polar surface area (TPSA) is 44.5 Å². The second-order valence-electron chi connectivity index (χ2n) is 5.54. The average Bonchev–Trinajstić information content (AvgIpc) is 2.20. The zero-order chi connectivity index (χ0) is 12.7. The zero-order valence-electron chi connectivity index (χ0n) is 11.0. The molecule has 0 saturated carbocycles. The molecule has 2 N–H and O–H groups in total. The van der Waals surface area contributed by atoms with Crippen LogP contribution in [0.25, 0.3) is 0 Å². The van der Waals surface area contributed by atoms with Crippen molar-refractivity contribution in [3.8, 4) is 11.5 Å². The van der Waals surface area contributed by atoms with Crippen LogP contribution in [0.1, 0.15) is 33.3 Å². The molecule has 0 saturated heterocycles. The van der Waals surface area contributed by atoms with Gasteiger partial charge in [0.2, 0.25) is 0 Å². The third-order valence-corrected chi connectivity index (χ3v) is 3.62. The fourth-order valence-corrected chi connectivity index (χ4v) is 1.83. The molecule has 0 aromatic heterocycles. The molecule has 1 heterocycles. The lowest BCUT2D eigenvalue weighted by Gasteiger charge is -2.45. The Kier molecular flexibility index (Phi) is 2.82. The molecule has 0 fully saturated rings. The Morgan fingerprint density at radius 2 is 1.59 bits per heavy atom. The van der Waals surface area contributed by atoms with Crippen molar-refractivity contribution in [1.29, 1.82) is 0 Å². The first kappa shape index (κ1) is 12.2. The molecule has 17 heavy (non-hydrogen) atoms. The molecule has 3 heteroatoms. The molecular weight excluding hydrogens is 214 g/mol. The van der Waals surface area contributed by atoms with Gasteiger partial charge in [-0.05, 0) is 58.4 Å². The van der Waals surface area contributed by atoms with Crippen LogP contribution in [0.3, 0.4) is 0 Å². The highest BCUT2D eigenvalue weighted by atomic mass is 16.6. The molecule has 1 aromatic carbocycles. The summed E-state index contributed by atoms with van der Waals surface area (Å²) in [6, 6.07) is 6.04. The predicted molar refractivity (Wildman–Crippen MR) is 68.6 cm³/mol. The number of rotatable bonds is 2. The Balaban J connectivity index is 2.36. The van der Waals surface area contributed by atoms with E-state index in [0.29, 0.717) is 6.54 Å². The maximum atomic E-state index is 6.06. The number of benzene rings is 1. The molecule has 94 valence electrons. The maximum Gasteiger partial charge on any atom is 0.162 e. The minimum Gasteiger partial charge on any atom is -0.480 e. The van der Waals surface area contributed by atoms with Gasteiger partial charge in [-0.3, -0.25) is 0 Å². The Morgan fingerprint density at radius 1 is 1.00 bits per heavy atom. The van der Waals surface area contributed by atoms with Gasteiger partial charge in [0, 0.05) is 0 Å². The lowest BCUT2D eigenvalue weighted by atomic mass is 9.87. The van der Waals surface area contributed by atoms with Gasteiger partial charge in [-0.1, -0.05) is 6.07 Å². The van der Waals surface area contributed by atoms with Crippen LogP contribution in [-0.2, 0) is 6.42 Å². The summed E-state index contributed by atoms with van der Waals surface area (Å²) in [6.07, 6.45) is 0.862. The first-order valence-electron chi connectivity index (χ1n) is 6.07. The van der Waals surface area contributed by atoms with Gasteiger partial charge in [-0.2, -0.15) is 0 Å². The number of hydrogen-bond acceptors (Lipinski definition) is 3. The van der Waals surface area contributed by atoms with Crippen LogP contribution in [0.5, 0.6) is 11.5 Å². The normalized spacial score (nSPS) is 20.1. The maximum absolute atomic E-state index is 6.06. The van der Waals surface area contributed by atoms with Crippen molar-refractivity contribution in [3.63, 3.8) is 0 Å². The smallest absolute Gasteiger partial charge is 0.162 e. The molecular formula is C14H21NO2. The Bertz CT molecular complexity index is 424. The van der Waals surface area contributed by atoms with Gasteiger partial charge in [0.1, 0.15) is 11.2 Å². The first-order valence-corrected chi connectivity index (χ1v) is 6.07. The highest BCUT2D eigenvalue weighted by molar-refractivity contribution is 5.45. The largest absolute Gasteiger partial charge is 0.480 e. The summed E-state index contributed by atoms with van der Waals surface area (Å²) in [4.78, 5) is 0. The Morgan fingerprint density at radius 3 is 2.18 bits per heavy atom. The van der Waals surface area contributed by atoms with E-state index in [0.717, 1.165) is 17.9 Å². The molecule has 1 aliphatic heterocycles. The van der Waals surface area contributed by atoms with Crippen molar-refractivity contribution in [3.05, 3.63) is 23.8 Å². The van der Waals surface area contributed by atoms with Gasteiger partial charge in [-0.15, -0.1) is 0 Å². The molecule has 2 rings (SSSR count). The molecule has 0 atom stereocenters. The summed E-state index contributed by atoms with van der Waals surface area (Å²) >= 11 is 0. The van der Waals surface area contributed by atoms with E-state index in [1.54, 1.807) is 0 Å². The molecule has 0 spiro atoms. The minimum atomic E-state index is -0.346. The fraction of sp³-hybridized carbons (Fsp3) is 0.571. The lowest BCUT2D eigenvalue weighted by Crippen LogP contribution is -2.56. The van der Waals surface area contributed by atoms with Crippen molar-refractivity contribution in [2.75, 3.05) is 6.54 Å². The van der Waals surface area contributed by atoms with E-state index in [-0.39, 0.29) is 11.2 Å². The van der Waals surface area contributed by atoms with E-state index in [4.69, 9.17) is 15.2 Å². The minimum absolute atomic E-state index is 0.338. The van der Waals surface area contributed by atoms with Gasteiger partial charge in [0.25, 0.3) is 0 Å². The Hall–Kier alpha value is -1.22. The third kappa shape index (κ3) is 2.12. The van der Waals surface area contributed by atoms with Gasteiger partial charge in [0.15, 0.2) is 11.5 Å². The predicted octanol–water partition coefficient (Wildman–Crippen LogP) is 2.52. The number of hydrogen-bond donors (Lipinski definition) is 1. The molecule has 0 aliphatic carbocycles. The van der Waals surface area contributed by atoms with Crippen LogP contribution in [0.4, 0.5) is 0 Å². The molecule has 1 aromatic rings. The quantitative estimate of drug-likeness (QED) is 0.856. The van der Waals surface area contributed by atoms with Crippen LogP contribution in [0.15, 0.2) is 18.2 Å².